The van der Waals surface area contributed by atoms with E-state index in [0.29, 0.717) is 28.5 Å². The van der Waals surface area contributed by atoms with Crippen LogP contribution in [0.25, 0.3) is 0 Å². The minimum absolute atomic E-state index is 0.106. The smallest absolute Gasteiger partial charge is 0.280 e. The highest BCUT2D eigenvalue weighted by Crippen LogP contribution is 2.15. The van der Waals surface area contributed by atoms with Crippen molar-refractivity contribution in [1.29, 1.82) is 0 Å². The number of allylic oxidation sites excluding steroid dienone is 3. The molecule has 0 bridgehead atoms. The molecule has 22 heavy (non-hydrogen) atoms. The number of hydrogen-bond acceptors (Lipinski definition) is 5. The summed E-state index contributed by atoms with van der Waals surface area (Å²) < 4.78 is 5.02. The molecule has 0 fully saturated rings. The van der Waals surface area contributed by atoms with Gasteiger partial charge >= 0.3 is 0 Å². The SMILES string of the molecule is Cc1noc(C)c1CC(=O)N=C1C=CC2=NC=NC(=O)C2=C1. The second-order valence-electron chi connectivity index (χ2n) is 4.87. The van der Waals surface area contributed by atoms with Gasteiger partial charge in [0.25, 0.3) is 11.8 Å². The first kappa shape index (κ1) is 14.0. The number of amides is 2. The number of aromatic nitrogens is 1. The minimum atomic E-state index is -0.389. The largest absolute Gasteiger partial charge is 0.361 e. The predicted molar refractivity (Wildman–Crippen MR) is 80.3 cm³/mol. The quantitative estimate of drug-likeness (QED) is 0.768. The summed E-state index contributed by atoms with van der Waals surface area (Å²) in [6, 6.07) is 0. The molecule has 2 amide bonds. The van der Waals surface area contributed by atoms with Crippen LogP contribution in [0.3, 0.4) is 0 Å². The van der Waals surface area contributed by atoms with Gasteiger partial charge in [0, 0.05) is 5.56 Å². The zero-order valence-electron chi connectivity index (χ0n) is 12.0. The lowest BCUT2D eigenvalue weighted by Gasteiger charge is -2.10. The number of carbonyl (C=O) groups excluding carboxylic acids is 2. The number of hydrogen-bond donors (Lipinski definition) is 0. The molecule has 0 saturated heterocycles. The second-order valence-corrected chi connectivity index (χ2v) is 4.87. The fourth-order valence-corrected chi connectivity index (χ4v) is 2.18. The summed E-state index contributed by atoms with van der Waals surface area (Å²) in [6.07, 6.45) is 6.11. The van der Waals surface area contributed by atoms with Gasteiger partial charge in [-0.3, -0.25) is 9.59 Å². The van der Waals surface area contributed by atoms with Crippen molar-refractivity contribution in [1.82, 2.24) is 5.16 Å². The van der Waals surface area contributed by atoms with E-state index in [1.807, 2.05) is 0 Å². The van der Waals surface area contributed by atoms with Gasteiger partial charge in [0.05, 0.1) is 29.1 Å². The van der Waals surface area contributed by atoms with Crippen LogP contribution < -0.4 is 0 Å². The highest BCUT2D eigenvalue weighted by atomic mass is 16.5. The van der Waals surface area contributed by atoms with E-state index in [1.54, 1.807) is 26.0 Å². The minimum Gasteiger partial charge on any atom is -0.361 e. The number of rotatable bonds is 2. The molecule has 0 saturated carbocycles. The van der Waals surface area contributed by atoms with Crippen LogP contribution in [-0.4, -0.2) is 34.7 Å². The average molecular weight is 296 g/mol. The predicted octanol–water partition coefficient (Wildman–Crippen LogP) is 1.31. The highest BCUT2D eigenvalue weighted by molar-refractivity contribution is 6.36. The molecule has 0 aromatic carbocycles. The molecule has 0 atom stereocenters. The van der Waals surface area contributed by atoms with E-state index in [4.69, 9.17) is 4.52 Å². The molecular weight excluding hydrogens is 284 g/mol. The van der Waals surface area contributed by atoms with Gasteiger partial charge < -0.3 is 4.52 Å². The molecule has 0 unspecified atom stereocenters. The third-order valence-electron chi connectivity index (χ3n) is 3.35. The maximum Gasteiger partial charge on any atom is 0.280 e. The van der Waals surface area contributed by atoms with E-state index in [-0.39, 0.29) is 18.2 Å². The molecule has 0 radical (unpaired) electrons. The van der Waals surface area contributed by atoms with Gasteiger partial charge in [-0.1, -0.05) is 5.16 Å². The van der Waals surface area contributed by atoms with Gasteiger partial charge in [-0.15, -0.1) is 0 Å². The third-order valence-corrected chi connectivity index (χ3v) is 3.35. The number of nitrogens with zero attached hydrogens (tertiary/aromatic N) is 4. The maximum absolute atomic E-state index is 12.1. The lowest BCUT2D eigenvalue weighted by Crippen LogP contribution is -2.18. The Bertz CT molecular complexity index is 802. The summed E-state index contributed by atoms with van der Waals surface area (Å²) in [5, 5.41) is 3.80. The first-order valence-electron chi connectivity index (χ1n) is 6.62. The monoisotopic (exact) mass is 296 g/mol. The molecule has 1 aromatic rings. The maximum atomic E-state index is 12.1. The zero-order chi connectivity index (χ0) is 15.7. The van der Waals surface area contributed by atoms with E-state index in [2.05, 4.69) is 20.1 Å². The summed E-state index contributed by atoms with van der Waals surface area (Å²) in [4.78, 5) is 35.3. The summed E-state index contributed by atoms with van der Waals surface area (Å²) in [6.45, 7) is 3.52. The fraction of sp³-hybridized carbons (Fsp3) is 0.200. The molecule has 0 spiro atoms. The topological polar surface area (TPSA) is 97.2 Å². The molecule has 2 heterocycles. The Morgan fingerprint density at radius 3 is 2.86 bits per heavy atom. The standard InChI is InChI=1S/C15H12N4O3/c1-8-11(9(2)22-19-8)6-14(20)18-10-3-4-13-12(5-10)15(21)17-7-16-13/h3-5,7H,6H2,1-2H3. The Labute approximate surface area is 125 Å². The molecule has 1 aromatic heterocycles. The van der Waals surface area contributed by atoms with Crippen molar-refractivity contribution >= 4 is 29.6 Å². The zero-order valence-corrected chi connectivity index (χ0v) is 12.0. The summed E-state index contributed by atoms with van der Waals surface area (Å²) in [7, 11) is 0. The van der Waals surface area contributed by atoms with E-state index in [1.165, 1.54) is 12.4 Å². The summed E-state index contributed by atoms with van der Waals surface area (Å²) in [5.74, 6) is -0.118. The second kappa shape index (κ2) is 5.44. The van der Waals surface area contributed by atoms with E-state index >= 15 is 0 Å². The fourth-order valence-electron chi connectivity index (χ4n) is 2.18. The van der Waals surface area contributed by atoms with Crippen LogP contribution in [0, 0.1) is 13.8 Å². The summed E-state index contributed by atoms with van der Waals surface area (Å²) in [5.41, 5.74) is 2.68. The van der Waals surface area contributed by atoms with Gasteiger partial charge in [0.2, 0.25) is 0 Å². The van der Waals surface area contributed by atoms with Crippen LogP contribution in [0.15, 0.2) is 43.3 Å². The number of aryl methyl sites for hydroxylation is 2. The lowest BCUT2D eigenvalue weighted by molar-refractivity contribution is -0.117. The lowest BCUT2D eigenvalue weighted by atomic mass is 10.0. The number of aliphatic imine (C=N–C) groups is 3. The van der Waals surface area contributed by atoms with Crippen molar-refractivity contribution in [3.05, 3.63) is 40.8 Å². The molecule has 0 N–H and O–H groups in total. The molecule has 7 heteroatoms. The van der Waals surface area contributed by atoms with Crippen LogP contribution in [0.4, 0.5) is 0 Å². The molecule has 2 aliphatic rings. The van der Waals surface area contributed by atoms with Gasteiger partial charge in [0.1, 0.15) is 12.1 Å². The van der Waals surface area contributed by atoms with Crippen LogP contribution in [0.2, 0.25) is 0 Å². The van der Waals surface area contributed by atoms with Gasteiger partial charge in [-0.2, -0.15) is 4.99 Å². The Morgan fingerprint density at radius 1 is 1.32 bits per heavy atom. The Hall–Kier alpha value is -2.96. The molecule has 1 aliphatic heterocycles. The molecule has 3 rings (SSSR count). The highest BCUT2D eigenvalue weighted by Gasteiger charge is 2.20. The van der Waals surface area contributed by atoms with Gasteiger partial charge in [-0.05, 0) is 32.1 Å². The molecule has 1 aliphatic carbocycles. The van der Waals surface area contributed by atoms with Gasteiger partial charge in [-0.25, -0.2) is 9.98 Å². The van der Waals surface area contributed by atoms with Crippen LogP contribution in [0.1, 0.15) is 17.0 Å². The third kappa shape index (κ3) is 2.60. The van der Waals surface area contributed by atoms with Crippen LogP contribution in [-0.2, 0) is 16.0 Å². The van der Waals surface area contributed by atoms with E-state index in [9.17, 15) is 9.59 Å². The Balaban J connectivity index is 1.82. The Morgan fingerprint density at radius 2 is 2.14 bits per heavy atom. The average Bonchev–Trinajstić information content (AvgIpc) is 2.80. The normalized spacial score (nSPS) is 18.3. The van der Waals surface area contributed by atoms with Crippen molar-refractivity contribution in [3.63, 3.8) is 0 Å². The first-order chi connectivity index (χ1) is 10.5. The van der Waals surface area contributed by atoms with Crippen molar-refractivity contribution in [2.45, 2.75) is 20.3 Å². The molecule has 7 nitrogen and oxygen atoms in total. The van der Waals surface area contributed by atoms with Crippen molar-refractivity contribution < 1.29 is 14.1 Å². The number of fused-ring (bicyclic) bond motifs is 1. The van der Waals surface area contributed by atoms with Crippen molar-refractivity contribution in [3.8, 4) is 0 Å². The van der Waals surface area contributed by atoms with Gasteiger partial charge in [0.15, 0.2) is 0 Å². The Kier molecular flexibility index (Phi) is 3.46. The van der Waals surface area contributed by atoms with Crippen LogP contribution >= 0.6 is 0 Å². The summed E-state index contributed by atoms with van der Waals surface area (Å²) >= 11 is 0. The van der Waals surface area contributed by atoms with Crippen molar-refractivity contribution in [2.24, 2.45) is 15.0 Å². The van der Waals surface area contributed by atoms with Crippen LogP contribution in [0.5, 0.6) is 0 Å². The van der Waals surface area contributed by atoms with E-state index < -0.39 is 0 Å². The molecule has 110 valence electrons. The van der Waals surface area contributed by atoms with E-state index in [0.717, 1.165) is 5.56 Å². The first-order valence-corrected chi connectivity index (χ1v) is 6.62. The number of carbonyl (C=O) groups is 2. The molecular formula is C15H12N4O3. The van der Waals surface area contributed by atoms with Crippen molar-refractivity contribution in [2.75, 3.05) is 0 Å².